The summed E-state index contributed by atoms with van der Waals surface area (Å²) >= 11 is 0. The minimum absolute atomic E-state index is 0.0587. The van der Waals surface area contributed by atoms with Crippen LogP contribution in [0.1, 0.15) is 38.2 Å². The van der Waals surface area contributed by atoms with E-state index in [0.29, 0.717) is 6.54 Å². The number of carbonyl (C=O) groups excluding carboxylic acids is 1. The molecule has 3 nitrogen and oxygen atoms in total. The first kappa shape index (κ1) is 14.7. The molecule has 2 N–H and O–H groups in total. The van der Waals surface area contributed by atoms with Gasteiger partial charge in [-0.05, 0) is 17.9 Å². The normalized spacial score (nSPS) is 13.9. The lowest BCUT2D eigenvalue weighted by Gasteiger charge is -2.18. The summed E-state index contributed by atoms with van der Waals surface area (Å²) in [6.45, 7) is 4.63. The second-order valence-electron chi connectivity index (χ2n) is 4.78. The average Bonchev–Trinajstić information content (AvgIpc) is 2.42. The lowest BCUT2D eigenvalue weighted by atomic mass is 9.93. The van der Waals surface area contributed by atoms with Gasteiger partial charge in [-0.25, -0.2) is 0 Å². The highest BCUT2D eigenvalue weighted by Crippen LogP contribution is 2.21. The van der Waals surface area contributed by atoms with Gasteiger partial charge in [0.2, 0.25) is 5.91 Å². The van der Waals surface area contributed by atoms with Crippen LogP contribution in [0.25, 0.3) is 0 Å². The Kier molecular flexibility index (Phi) is 6.44. The van der Waals surface area contributed by atoms with Crippen molar-refractivity contribution in [2.24, 2.45) is 5.92 Å². The molecule has 18 heavy (non-hydrogen) atoms. The highest BCUT2D eigenvalue weighted by molar-refractivity contribution is 5.83. The third-order valence-electron chi connectivity index (χ3n) is 3.03. The third-order valence-corrected chi connectivity index (χ3v) is 3.03. The van der Waals surface area contributed by atoms with Crippen molar-refractivity contribution in [1.82, 2.24) is 5.32 Å². The molecule has 0 spiro atoms. The molecule has 3 heteroatoms. The predicted octanol–water partition coefficient (Wildman–Crippen LogP) is 2.31. The number of aliphatic hydroxyl groups is 1. The molecule has 100 valence electrons. The highest BCUT2D eigenvalue weighted by Gasteiger charge is 2.19. The monoisotopic (exact) mass is 249 g/mol. The van der Waals surface area contributed by atoms with Crippen LogP contribution in [0.4, 0.5) is 0 Å². The van der Waals surface area contributed by atoms with Gasteiger partial charge < -0.3 is 10.4 Å². The standard InChI is InChI=1S/C15H23NO2/c1-3-7-14(13-8-5-4-6-9-13)15(18)16-10-12(2)11-17/h4-6,8-9,12,14,17H,3,7,10-11H2,1-2H3,(H,16,18). The molecular formula is C15H23NO2. The number of rotatable bonds is 7. The van der Waals surface area contributed by atoms with E-state index < -0.39 is 0 Å². The molecule has 0 radical (unpaired) electrons. The van der Waals surface area contributed by atoms with Crippen molar-refractivity contribution in [3.8, 4) is 0 Å². The number of carbonyl (C=O) groups is 1. The molecule has 1 aromatic carbocycles. The number of hydrogen-bond donors (Lipinski definition) is 2. The van der Waals surface area contributed by atoms with Crippen LogP contribution in [0, 0.1) is 5.92 Å². The zero-order valence-corrected chi connectivity index (χ0v) is 11.2. The molecule has 1 amide bonds. The van der Waals surface area contributed by atoms with Gasteiger partial charge in [0, 0.05) is 13.2 Å². The molecule has 0 aliphatic rings. The Morgan fingerprint density at radius 2 is 2.00 bits per heavy atom. The number of nitrogens with one attached hydrogen (secondary N) is 1. The molecule has 0 saturated carbocycles. The second kappa shape index (κ2) is 7.88. The average molecular weight is 249 g/mol. The summed E-state index contributed by atoms with van der Waals surface area (Å²) in [5.74, 6) is 0.0810. The Morgan fingerprint density at radius 1 is 1.33 bits per heavy atom. The Bertz CT molecular complexity index is 351. The van der Waals surface area contributed by atoms with E-state index in [0.717, 1.165) is 18.4 Å². The molecular weight excluding hydrogens is 226 g/mol. The van der Waals surface area contributed by atoms with Crippen molar-refractivity contribution in [3.05, 3.63) is 35.9 Å². The first-order valence-electron chi connectivity index (χ1n) is 6.62. The summed E-state index contributed by atoms with van der Waals surface area (Å²) in [7, 11) is 0. The fourth-order valence-corrected chi connectivity index (χ4v) is 1.89. The van der Waals surface area contributed by atoms with E-state index >= 15 is 0 Å². The van der Waals surface area contributed by atoms with Crippen LogP contribution in [0.5, 0.6) is 0 Å². The highest BCUT2D eigenvalue weighted by atomic mass is 16.3. The molecule has 0 fully saturated rings. The summed E-state index contributed by atoms with van der Waals surface area (Å²) < 4.78 is 0. The van der Waals surface area contributed by atoms with E-state index in [1.54, 1.807) is 0 Å². The van der Waals surface area contributed by atoms with Crippen molar-refractivity contribution < 1.29 is 9.90 Å². The van der Waals surface area contributed by atoms with E-state index in [9.17, 15) is 4.79 Å². The largest absolute Gasteiger partial charge is 0.396 e. The van der Waals surface area contributed by atoms with E-state index in [2.05, 4.69) is 12.2 Å². The zero-order valence-electron chi connectivity index (χ0n) is 11.2. The van der Waals surface area contributed by atoms with Gasteiger partial charge in [-0.1, -0.05) is 50.6 Å². The van der Waals surface area contributed by atoms with E-state index in [4.69, 9.17) is 5.11 Å². The topological polar surface area (TPSA) is 49.3 Å². The molecule has 2 atom stereocenters. The molecule has 2 unspecified atom stereocenters. The molecule has 0 aliphatic heterocycles. The minimum Gasteiger partial charge on any atom is -0.396 e. The third kappa shape index (κ3) is 4.49. The molecule has 0 aromatic heterocycles. The maximum atomic E-state index is 12.2. The molecule has 0 aliphatic carbocycles. The Hall–Kier alpha value is -1.35. The molecule has 1 rings (SSSR count). The fraction of sp³-hybridized carbons (Fsp3) is 0.533. The van der Waals surface area contributed by atoms with Crippen LogP contribution in [0.3, 0.4) is 0 Å². The Morgan fingerprint density at radius 3 is 2.56 bits per heavy atom. The lowest BCUT2D eigenvalue weighted by molar-refractivity contribution is -0.122. The Labute approximate surface area is 109 Å². The van der Waals surface area contributed by atoms with E-state index in [-0.39, 0.29) is 24.3 Å². The predicted molar refractivity (Wildman–Crippen MR) is 73.4 cm³/mol. The van der Waals surface area contributed by atoms with Gasteiger partial charge in [0.05, 0.1) is 5.92 Å². The zero-order chi connectivity index (χ0) is 13.4. The van der Waals surface area contributed by atoms with Crippen LogP contribution in [0.15, 0.2) is 30.3 Å². The van der Waals surface area contributed by atoms with Gasteiger partial charge in [-0.3, -0.25) is 4.79 Å². The van der Waals surface area contributed by atoms with Gasteiger partial charge in [0.25, 0.3) is 0 Å². The van der Waals surface area contributed by atoms with Crippen molar-refractivity contribution >= 4 is 5.91 Å². The van der Waals surface area contributed by atoms with E-state index in [1.165, 1.54) is 0 Å². The molecule has 0 saturated heterocycles. The smallest absolute Gasteiger partial charge is 0.227 e. The SMILES string of the molecule is CCCC(C(=O)NCC(C)CO)c1ccccc1. The van der Waals surface area contributed by atoms with Crippen LogP contribution < -0.4 is 5.32 Å². The Balaban J connectivity index is 2.64. The maximum Gasteiger partial charge on any atom is 0.227 e. The van der Waals surface area contributed by atoms with Crippen LogP contribution in [-0.4, -0.2) is 24.2 Å². The van der Waals surface area contributed by atoms with Gasteiger partial charge in [-0.15, -0.1) is 0 Å². The van der Waals surface area contributed by atoms with Crippen LogP contribution in [0.2, 0.25) is 0 Å². The molecule has 0 heterocycles. The fourth-order valence-electron chi connectivity index (χ4n) is 1.89. The first-order valence-corrected chi connectivity index (χ1v) is 6.62. The molecule has 0 bridgehead atoms. The number of aliphatic hydroxyl groups excluding tert-OH is 1. The summed E-state index contributed by atoms with van der Waals surface area (Å²) in [5, 5.41) is 11.9. The van der Waals surface area contributed by atoms with Crippen molar-refractivity contribution in [1.29, 1.82) is 0 Å². The van der Waals surface area contributed by atoms with Crippen LogP contribution >= 0.6 is 0 Å². The number of benzene rings is 1. The maximum absolute atomic E-state index is 12.2. The van der Waals surface area contributed by atoms with Crippen LogP contribution in [-0.2, 0) is 4.79 Å². The second-order valence-corrected chi connectivity index (χ2v) is 4.78. The quantitative estimate of drug-likeness (QED) is 0.779. The van der Waals surface area contributed by atoms with Crippen molar-refractivity contribution in [3.63, 3.8) is 0 Å². The minimum atomic E-state index is -0.0814. The summed E-state index contributed by atoms with van der Waals surface area (Å²) in [5.41, 5.74) is 1.06. The first-order chi connectivity index (χ1) is 8.69. The molecule has 1 aromatic rings. The summed E-state index contributed by atoms with van der Waals surface area (Å²) in [6, 6.07) is 9.87. The summed E-state index contributed by atoms with van der Waals surface area (Å²) in [4.78, 5) is 12.2. The van der Waals surface area contributed by atoms with Gasteiger partial charge in [0.1, 0.15) is 0 Å². The van der Waals surface area contributed by atoms with Gasteiger partial charge in [-0.2, -0.15) is 0 Å². The summed E-state index contributed by atoms with van der Waals surface area (Å²) in [6.07, 6.45) is 1.83. The number of amides is 1. The van der Waals surface area contributed by atoms with Crippen molar-refractivity contribution in [2.75, 3.05) is 13.2 Å². The van der Waals surface area contributed by atoms with Gasteiger partial charge >= 0.3 is 0 Å². The van der Waals surface area contributed by atoms with E-state index in [1.807, 2.05) is 37.3 Å². The van der Waals surface area contributed by atoms with Gasteiger partial charge in [0.15, 0.2) is 0 Å². The number of hydrogen-bond acceptors (Lipinski definition) is 2. The van der Waals surface area contributed by atoms with Crippen molar-refractivity contribution in [2.45, 2.75) is 32.6 Å². The lowest BCUT2D eigenvalue weighted by Crippen LogP contribution is -2.33.